The third kappa shape index (κ3) is 2.80. The van der Waals surface area contributed by atoms with Crippen molar-refractivity contribution in [1.29, 1.82) is 5.26 Å². The highest BCUT2D eigenvalue weighted by atomic mass is 16.5. The maximum atomic E-state index is 12.6. The second-order valence-corrected chi connectivity index (χ2v) is 6.89. The standard InChI is InChI=1S/C21H22N4O2/c1-3-27-21(26)18-10-6-7-11-24(18)19-12-14(2)15(13-22)20-23-16-8-4-5-9-17(16)25(19)20/h4-5,8-9,12,18H,3,6-7,10-11H2,1-2H3. The van der Waals surface area contributed by atoms with Gasteiger partial charge in [0.2, 0.25) is 0 Å². The first-order chi connectivity index (χ1) is 13.2. The summed E-state index contributed by atoms with van der Waals surface area (Å²) in [5.41, 5.74) is 3.85. The average molecular weight is 362 g/mol. The predicted molar refractivity (Wildman–Crippen MR) is 104 cm³/mol. The summed E-state index contributed by atoms with van der Waals surface area (Å²) in [7, 11) is 0. The molecule has 3 aromatic rings. The summed E-state index contributed by atoms with van der Waals surface area (Å²) < 4.78 is 7.34. The van der Waals surface area contributed by atoms with Crippen LogP contribution < -0.4 is 4.90 Å². The van der Waals surface area contributed by atoms with E-state index in [1.54, 1.807) is 0 Å². The highest BCUT2D eigenvalue weighted by Crippen LogP contribution is 2.32. The van der Waals surface area contributed by atoms with Crippen molar-refractivity contribution in [3.8, 4) is 6.07 Å². The van der Waals surface area contributed by atoms with Gasteiger partial charge in [0.05, 0.1) is 23.2 Å². The molecule has 27 heavy (non-hydrogen) atoms. The Bertz CT molecular complexity index is 1060. The highest BCUT2D eigenvalue weighted by molar-refractivity contribution is 5.87. The van der Waals surface area contributed by atoms with Crippen LogP contribution in [-0.2, 0) is 9.53 Å². The smallest absolute Gasteiger partial charge is 0.328 e. The molecule has 1 saturated heterocycles. The minimum atomic E-state index is -0.310. The van der Waals surface area contributed by atoms with Gasteiger partial charge in [0, 0.05) is 6.54 Å². The molecule has 2 aromatic heterocycles. The summed E-state index contributed by atoms with van der Waals surface area (Å²) in [6.07, 6.45) is 2.79. The van der Waals surface area contributed by atoms with E-state index in [0.29, 0.717) is 17.8 Å². The number of nitrogens with zero attached hydrogens (tertiary/aromatic N) is 4. The monoisotopic (exact) mass is 362 g/mol. The van der Waals surface area contributed by atoms with E-state index < -0.39 is 0 Å². The number of carbonyl (C=O) groups is 1. The van der Waals surface area contributed by atoms with Crippen LogP contribution in [0.25, 0.3) is 16.7 Å². The number of fused-ring (bicyclic) bond motifs is 3. The normalized spacial score (nSPS) is 17.2. The van der Waals surface area contributed by atoms with Gasteiger partial charge in [0.25, 0.3) is 0 Å². The lowest BCUT2D eigenvalue weighted by Crippen LogP contribution is -2.46. The average Bonchev–Trinajstić information content (AvgIpc) is 3.07. The zero-order valence-corrected chi connectivity index (χ0v) is 15.6. The van der Waals surface area contributed by atoms with E-state index in [-0.39, 0.29) is 12.0 Å². The van der Waals surface area contributed by atoms with Crippen LogP contribution in [0.15, 0.2) is 30.3 Å². The molecule has 1 aliphatic heterocycles. The first-order valence-corrected chi connectivity index (χ1v) is 9.40. The van der Waals surface area contributed by atoms with Crippen molar-refractivity contribution >= 4 is 28.5 Å². The molecule has 3 heterocycles. The molecule has 138 valence electrons. The van der Waals surface area contributed by atoms with Gasteiger partial charge in [-0.25, -0.2) is 9.78 Å². The molecule has 0 bridgehead atoms. The molecule has 0 aliphatic carbocycles. The molecule has 0 N–H and O–H groups in total. The number of nitriles is 1. The largest absolute Gasteiger partial charge is 0.464 e. The fraction of sp³-hybridized carbons (Fsp3) is 0.381. The Hall–Kier alpha value is -3.07. The number of rotatable bonds is 3. The number of para-hydroxylation sites is 2. The zero-order valence-electron chi connectivity index (χ0n) is 15.6. The van der Waals surface area contributed by atoms with Gasteiger partial charge in [-0.15, -0.1) is 0 Å². The molecular formula is C21H22N4O2. The van der Waals surface area contributed by atoms with Crippen molar-refractivity contribution < 1.29 is 9.53 Å². The SMILES string of the molecule is CCOC(=O)C1CCCCN1c1cc(C)c(C#N)c2nc3ccccc3n12. The Labute approximate surface area is 158 Å². The van der Waals surface area contributed by atoms with E-state index >= 15 is 0 Å². The van der Waals surface area contributed by atoms with Crippen molar-refractivity contribution in [3.05, 3.63) is 41.5 Å². The maximum absolute atomic E-state index is 12.6. The quantitative estimate of drug-likeness (QED) is 0.666. The van der Waals surface area contributed by atoms with Gasteiger partial charge in [0.15, 0.2) is 5.65 Å². The van der Waals surface area contributed by atoms with Crippen LogP contribution in [0.1, 0.15) is 37.3 Å². The van der Waals surface area contributed by atoms with Gasteiger partial charge in [-0.2, -0.15) is 5.26 Å². The van der Waals surface area contributed by atoms with Crippen molar-refractivity contribution in [2.45, 2.75) is 39.2 Å². The number of imidazole rings is 1. The third-order valence-corrected chi connectivity index (χ3v) is 5.22. The summed E-state index contributed by atoms with van der Waals surface area (Å²) in [6.45, 7) is 4.90. The Morgan fingerprint density at radius 3 is 2.96 bits per heavy atom. The first kappa shape index (κ1) is 17.3. The number of hydrogen-bond donors (Lipinski definition) is 0. The van der Waals surface area contributed by atoms with Gasteiger partial charge >= 0.3 is 5.97 Å². The molecule has 0 amide bonds. The number of carbonyl (C=O) groups excluding carboxylic acids is 1. The van der Waals surface area contributed by atoms with E-state index in [9.17, 15) is 10.1 Å². The molecule has 1 fully saturated rings. The fourth-order valence-corrected chi connectivity index (χ4v) is 3.97. The molecule has 0 radical (unpaired) electrons. The maximum Gasteiger partial charge on any atom is 0.328 e. The second kappa shape index (κ2) is 6.92. The molecule has 0 spiro atoms. The number of esters is 1. The molecule has 6 heteroatoms. The second-order valence-electron chi connectivity index (χ2n) is 6.89. The van der Waals surface area contributed by atoms with Gasteiger partial charge in [-0.05, 0) is 56.9 Å². The number of anilines is 1. The van der Waals surface area contributed by atoms with Crippen molar-refractivity contribution in [3.63, 3.8) is 0 Å². The van der Waals surface area contributed by atoms with E-state index in [1.807, 2.05) is 48.6 Å². The van der Waals surface area contributed by atoms with E-state index in [1.165, 1.54) is 0 Å². The molecule has 1 atom stereocenters. The Morgan fingerprint density at radius 2 is 2.19 bits per heavy atom. The summed E-state index contributed by atoms with van der Waals surface area (Å²) in [6, 6.07) is 11.8. The number of pyridine rings is 1. The van der Waals surface area contributed by atoms with Crippen LogP contribution in [0.4, 0.5) is 5.82 Å². The van der Waals surface area contributed by atoms with Gasteiger partial charge in [-0.3, -0.25) is 4.40 Å². The zero-order chi connectivity index (χ0) is 19.0. The predicted octanol–water partition coefficient (Wildman–Crippen LogP) is 3.59. The van der Waals surface area contributed by atoms with Crippen LogP contribution in [0.3, 0.4) is 0 Å². The Kier molecular flexibility index (Phi) is 4.44. The molecular weight excluding hydrogens is 340 g/mol. The summed E-state index contributed by atoms with van der Waals surface area (Å²) in [5, 5.41) is 9.66. The Balaban J connectivity index is 1.98. The number of ether oxygens (including phenoxy) is 1. The van der Waals surface area contributed by atoms with Gasteiger partial charge in [0.1, 0.15) is 17.9 Å². The van der Waals surface area contributed by atoms with Crippen LogP contribution in [0.5, 0.6) is 0 Å². The summed E-state index contributed by atoms with van der Waals surface area (Å²) in [4.78, 5) is 19.4. The number of benzene rings is 1. The lowest BCUT2D eigenvalue weighted by atomic mass is 10.0. The van der Waals surface area contributed by atoms with Crippen LogP contribution >= 0.6 is 0 Å². The topological polar surface area (TPSA) is 70.6 Å². The lowest BCUT2D eigenvalue weighted by Gasteiger charge is -2.36. The van der Waals surface area contributed by atoms with E-state index in [4.69, 9.17) is 9.72 Å². The minimum Gasteiger partial charge on any atom is -0.464 e. The van der Waals surface area contributed by atoms with E-state index in [0.717, 1.165) is 48.2 Å². The van der Waals surface area contributed by atoms with Gasteiger partial charge in [-0.1, -0.05) is 12.1 Å². The van der Waals surface area contributed by atoms with Crippen molar-refractivity contribution in [1.82, 2.24) is 9.38 Å². The number of aromatic nitrogens is 2. The molecule has 1 aliphatic rings. The molecule has 4 rings (SSSR count). The first-order valence-electron chi connectivity index (χ1n) is 9.40. The third-order valence-electron chi connectivity index (χ3n) is 5.22. The molecule has 1 aromatic carbocycles. The Morgan fingerprint density at radius 1 is 1.37 bits per heavy atom. The van der Waals surface area contributed by atoms with Crippen molar-refractivity contribution in [2.24, 2.45) is 0 Å². The molecule has 1 unspecified atom stereocenters. The van der Waals surface area contributed by atoms with Crippen molar-refractivity contribution in [2.75, 3.05) is 18.1 Å². The molecule has 6 nitrogen and oxygen atoms in total. The minimum absolute atomic E-state index is 0.184. The summed E-state index contributed by atoms with van der Waals surface area (Å²) in [5.74, 6) is 0.713. The number of piperidine rings is 1. The van der Waals surface area contributed by atoms with Crippen LogP contribution in [-0.4, -0.2) is 34.5 Å². The van der Waals surface area contributed by atoms with Gasteiger partial charge < -0.3 is 9.64 Å². The summed E-state index contributed by atoms with van der Waals surface area (Å²) >= 11 is 0. The lowest BCUT2D eigenvalue weighted by molar-refractivity contribution is -0.145. The fourth-order valence-electron chi connectivity index (χ4n) is 3.97. The van der Waals surface area contributed by atoms with Crippen LogP contribution in [0.2, 0.25) is 0 Å². The molecule has 0 saturated carbocycles. The number of aryl methyl sites for hydroxylation is 1. The van der Waals surface area contributed by atoms with E-state index in [2.05, 4.69) is 11.0 Å². The van der Waals surface area contributed by atoms with Crippen LogP contribution in [0, 0.1) is 18.3 Å². The number of hydrogen-bond acceptors (Lipinski definition) is 5. The highest BCUT2D eigenvalue weighted by Gasteiger charge is 2.32.